The number of allylic oxidation sites excluding steroid dienone is 1. The number of rotatable bonds is 23. The second-order valence-electron chi connectivity index (χ2n) is 11.1. The zero-order chi connectivity index (χ0) is 31.6. The van der Waals surface area contributed by atoms with Gasteiger partial charge in [-0.25, -0.2) is 4.79 Å². The first-order valence-corrected chi connectivity index (χ1v) is 15.3. The second kappa shape index (κ2) is 19.3. The molecule has 0 aliphatic rings. The van der Waals surface area contributed by atoms with Crippen molar-refractivity contribution in [2.75, 3.05) is 0 Å². The number of carbonyl (C=O) groups excluding carboxylic acids is 2. The monoisotopic (exact) mass is 598 g/mol. The summed E-state index contributed by atoms with van der Waals surface area (Å²) < 4.78 is 0. The molecule has 3 unspecified atom stereocenters. The lowest BCUT2D eigenvalue weighted by molar-refractivity contribution is -0.152. The summed E-state index contributed by atoms with van der Waals surface area (Å²) in [5, 5.41) is 32.1. The van der Waals surface area contributed by atoms with Gasteiger partial charge in [0.1, 0.15) is 11.8 Å². The Labute approximate surface area is 252 Å². The Balaban J connectivity index is 1.94. The van der Waals surface area contributed by atoms with Crippen molar-refractivity contribution in [2.24, 2.45) is 11.8 Å². The summed E-state index contributed by atoms with van der Waals surface area (Å²) >= 11 is 0. The Morgan fingerprint density at radius 3 is 2.14 bits per heavy atom. The molecule has 2 rings (SSSR count). The van der Waals surface area contributed by atoms with Crippen molar-refractivity contribution < 1.29 is 39.3 Å². The van der Waals surface area contributed by atoms with Gasteiger partial charge in [0, 0.05) is 36.4 Å². The molecule has 1 heterocycles. The highest BCUT2D eigenvalue weighted by Crippen LogP contribution is 2.22. The smallest absolute Gasteiger partial charge is 0.326 e. The third-order valence-electron chi connectivity index (χ3n) is 7.64. The normalized spacial score (nSPS) is 13.5. The molecule has 1 amide bonds. The predicted molar refractivity (Wildman–Crippen MR) is 164 cm³/mol. The molecule has 10 heteroatoms. The molecule has 236 valence electrons. The van der Waals surface area contributed by atoms with Gasteiger partial charge in [0.05, 0.1) is 18.3 Å². The minimum atomic E-state index is -1.57. The zero-order valence-corrected chi connectivity index (χ0v) is 25.1. The number of amides is 1. The number of hydrogen-bond donors (Lipinski definition) is 5. The van der Waals surface area contributed by atoms with Crippen molar-refractivity contribution in [3.05, 3.63) is 48.2 Å². The molecule has 1 aromatic heterocycles. The molecule has 0 aliphatic carbocycles. The Morgan fingerprint density at radius 2 is 1.51 bits per heavy atom. The molecule has 1 aromatic carbocycles. The average molecular weight is 599 g/mol. The number of Topliss-reactive ketones (excluding diaryl/α,β-unsaturated/α-hetero) is 1. The number of ketones is 1. The maximum absolute atomic E-state index is 13.3. The lowest BCUT2D eigenvalue weighted by Gasteiger charge is -2.22. The predicted octanol–water partition coefficient (Wildman–Crippen LogP) is 5.90. The molecule has 0 bridgehead atoms. The van der Waals surface area contributed by atoms with Gasteiger partial charge < -0.3 is 25.6 Å². The maximum Gasteiger partial charge on any atom is 0.326 e. The lowest BCUT2D eigenvalue weighted by Crippen LogP contribution is -2.47. The largest absolute Gasteiger partial charge is 0.481 e. The molecule has 0 aliphatic heterocycles. The highest BCUT2D eigenvalue weighted by Gasteiger charge is 2.35. The highest BCUT2D eigenvalue weighted by molar-refractivity contribution is 5.91. The number of aromatic amines is 1. The van der Waals surface area contributed by atoms with Crippen molar-refractivity contribution in [1.82, 2.24) is 10.3 Å². The lowest BCUT2D eigenvalue weighted by atomic mass is 9.87. The number of fused-ring (bicyclic) bond motifs is 1. The van der Waals surface area contributed by atoms with Crippen LogP contribution in [0.25, 0.3) is 10.9 Å². The van der Waals surface area contributed by atoms with Crippen LogP contribution in [-0.4, -0.2) is 55.9 Å². The van der Waals surface area contributed by atoms with Gasteiger partial charge in [-0.15, -0.1) is 0 Å². The summed E-state index contributed by atoms with van der Waals surface area (Å²) in [6.07, 6.45) is 14.5. The Hall–Kier alpha value is -3.95. The van der Waals surface area contributed by atoms with Crippen LogP contribution in [-0.2, 0) is 30.4 Å². The first-order valence-electron chi connectivity index (χ1n) is 15.3. The van der Waals surface area contributed by atoms with Crippen LogP contribution in [0.2, 0.25) is 0 Å². The Morgan fingerprint density at radius 1 is 0.860 bits per heavy atom. The van der Waals surface area contributed by atoms with Crippen LogP contribution in [0.1, 0.15) is 96.0 Å². The van der Waals surface area contributed by atoms with Crippen molar-refractivity contribution in [1.29, 1.82) is 0 Å². The van der Waals surface area contributed by atoms with E-state index in [4.69, 9.17) is 0 Å². The fourth-order valence-electron chi connectivity index (χ4n) is 5.18. The van der Waals surface area contributed by atoms with E-state index in [0.717, 1.165) is 49.4 Å². The van der Waals surface area contributed by atoms with Crippen molar-refractivity contribution in [3.8, 4) is 0 Å². The van der Waals surface area contributed by atoms with Crippen molar-refractivity contribution in [2.45, 2.75) is 103 Å². The SMILES string of the molecule is CCCCCCCC(=O)CCCCCC/C=C/C(C(=O)NC(Cc1c[nH]c2ccccc12)C(=O)O)C(CC(=O)O)C(=O)O. The maximum atomic E-state index is 13.3. The summed E-state index contributed by atoms with van der Waals surface area (Å²) in [6, 6.07) is 5.97. The van der Waals surface area contributed by atoms with E-state index < -0.39 is 48.1 Å². The molecule has 2 aromatic rings. The molecule has 3 atom stereocenters. The number of hydrogen-bond acceptors (Lipinski definition) is 5. The number of H-pyrrole nitrogens is 1. The first kappa shape index (κ1) is 35.2. The molecular weight excluding hydrogens is 552 g/mol. The standard InChI is InChI=1S/C33H46N2O8/c1-2-3-4-7-10-15-24(36)16-11-8-5-6-9-12-18-26(27(32(40)41)21-30(37)38)31(39)35-29(33(42)43)20-23-22-34-28-19-14-13-17-25(23)28/h12-14,17-19,22,26-27,29,34H,2-11,15-16,20-21H2,1H3,(H,35,39)(H,37,38)(H,40,41)(H,42,43)/b18-12+. The van der Waals surface area contributed by atoms with Crippen LogP contribution < -0.4 is 5.32 Å². The van der Waals surface area contributed by atoms with Gasteiger partial charge >= 0.3 is 17.9 Å². The molecular formula is C33H46N2O8. The molecule has 10 nitrogen and oxygen atoms in total. The van der Waals surface area contributed by atoms with E-state index >= 15 is 0 Å². The Bertz CT molecular complexity index is 1230. The van der Waals surface area contributed by atoms with Crippen molar-refractivity contribution >= 4 is 40.5 Å². The molecule has 0 radical (unpaired) electrons. The van der Waals surface area contributed by atoms with E-state index in [9.17, 15) is 39.3 Å². The summed E-state index contributed by atoms with van der Waals surface area (Å²) in [5.74, 6) is -7.61. The molecule has 0 saturated heterocycles. The molecule has 0 saturated carbocycles. The third kappa shape index (κ3) is 12.8. The van der Waals surface area contributed by atoms with Crippen LogP contribution >= 0.6 is 0 Å². The summed E-state index contributed by atoms with van der Waals surface area (Å²) in [7, 11) is 0. The van der Waals surface area contributed by atoms with E-state index in [1.165, 1.54) is 25.3 Å². The quantitative estimate of drug-likeness (QED) is 0.0776. The first-order chi connectivity index (χ1) is 20.6. The van der Waals surface area contributed by atoms with Crippen LogP contribution in [0.5, 0.6) is 0 Å². The molecule has 0 spiro atoms. The number of carbonyl (C=O) groups is 5. The third-order valence-corrected chi connectivity index (χ3v) is 7.64. The minimum Gasteiger partial charge on any atom is -0.481 e. The van der Waals surface area contributed by atoms with Gasteiger partial charge in [0.25, 0.3) is 0 Å². The van der Waals surface area contributed by atoms with Crippen LogP contribution in [0.3, 0.4) is 0 Å². The van der Waals surface area contributed by atoms with Gasteiger partial charge in [-0.05, 0) is 37.3 Å². The van der Waals surface area contributed by atoms with E-state index in [2.05, 4.69) is 17.2 Å². The topological polar surface area (TPSA) is 174 Å². The van der Waals surface area contributed by atoms with E-state index in [1.54, 1.807) is 12.3 Å². The van der Waals surface area contributed by atoms with Gasteiger partial charge in [0.2, 0.25) is 5.91 Å². The summed E-state index contributed by atoms with van der Waals surface area (Å²) in [5.41, 5.74) is 1.48. The van der Waals surface area contributed by atoms with Gasteiger partial charge in [-0.3, -0.25) is 19.2 Å². The second-order valence-corrected chi connectivity index (χ2v) is 11.1. The average Bonchev–Trinajstić information content (AvgIpc) is 3.37. The number of para-hydroxylation sites is 1. The Kier molecular flexibility index (Phi) is 15.8. The number of carboxylic acid groups (broad SMARTS) is 3. The van der Waals surface area contributed by atoms with Crippen molar-refractivity contribution in [3.63, 3.8) is 0 Å². The number of aliphatic carboxylic acids is 3. The minimum absolute atomic E-state index is 0.0421. The van der Waals surface area contributed by atoms with Crippen LogP contribution in [0, 0.1) is 11.8 Å². The number of carboxylic acids is 3. The van der Waals surface area contributed by atoms with Crippen LogP contribution in [0.15, 0.2) is 42.6 Å². The molecule has 5 N–H and O–H groups in total. The number of unbranched alkanes of at least 4 members (excludes halogenated alkanes) is 8. The van der Waals surface area contributed by atoms with E-state index in [0.29, 0.717) is 30.6 Å². The highest BCUT2D eigenvalue weighted by atomic mass is 16.4. The van der Waals surface area contributed by atoms with Crippen LogP contribution in [0.4, 0.5) is 0 Å². The molecule has 43 heavy (non-hydrogen) atoms. The van der Waals surface area contributed by atoms with Gasteiger partial charge in [-0.1, -0.05) is 75.8 Å². The fraction of sp³-hybridized carbons (Fsp3) is 0.545. The van der Waals surface area contributed by atoms with E-state index in [1.807, 2.05) is 24.3 Å². The summed E-state index contributed by atoms with van der Waals surface area (Å²) in [4.78, 5) is 63.7. The number of nitrogens with one attached hydrogen (secondary N) is 2. The van der Waals surface area contributed by atoms with Gasteiger partial charge in [-0.2, -0.15) is 0 Å². The zero-order valence-electron chi connectivity index (χ0n) is 25.1. The summed E-state index contributed by atoms with van der Waals surface area (Å²) in [6.45, 7) is 2.16. The van der Waals surface area contributed by atoms with E-state index in [-0.39, 0.29) is 6.42 Å². The number of benzene rings is 1. The fourth-order valence-corrected chi connectivity index (χ4v) is 5.18. The number of aromatic nitrogens is 1. The van der Waals surface area contributed by atoms with Gasteiger partial charge in [0.15, 0.2) is 0 Å². The molecule has 0 fully saturated rings.